The number of likely N-dealkylation sites (N-methyl/N-ethyl adjacent to an activating group) is 1. The van der Waals surface area contributed by atoms with Crippen LogP contribution in [0.5, 0.6) is 0 Å². The number of carbonyl (C=O) groups excluding carboxylic acids is 2. The van der Waals surface area contributed by atoms with Crippen LogP contribution in [0.4, 0.5) is 0 Å². The lowest BCUT2D eigenvalue weighted by molar-refractivity contribution is -0.157. The predicted octanol–water partition coefficient (Wildman–Crippen LogP) is 3.31. The van der Waals surface area contributed by atoms with Gasteiger partial charge in [-0.25, -0.2) is 0 Å². The van der Waals surface area contributed by atoms with Crippen molar-refractivity contribution in [2.24, 2.45) is 0 Å². The summed E-state index contributed by atoms with van der Waals surface area (Å²) in [5.41, 5.74) is 3.22. The van der Waals surface area contributed by atoms with E-state index in [2.05, 4.69) is 27.0 Å². The number of amides is 2. The van der Waals surface area contributed by atoms with Gasteiger partial charge in [-0.3, -0.25) is 9.59 Å². The molecule has 1 aromatic carbocycles. The Kier molecular flexibility index (Phi) is 3.52. The number of H-pyrrole nitrogens is 1. The van der Waals surface area contributed by atoms with Gasteiger partial charge in [-0.15, -0.1) is 11.3 Å². The molecule has 0 radical (unpaired) electrons. The van der Waals surface area contributed by atoms with Gasteiger partial charge in [0.05, 0.1) is 10.3 Å². The number of para-hydroxylation sites is 1. The summed E-state index contributed by atoms with van der Waals surface area (Å²) in [6.07, 6.45) is 0.553. The summed E-state index contributed by atoms with van der Waals surface area (Å²) in [5.74, 6) is 0.0112. The number of halogens is 1. The molecule has 1 N–H and O–H groups in total. The zero-order valence-electron chi connectivity index (χ0n) is 14.0. The van der Waals surface area contributed by atoms with Crippen LogP contribution in [0.2, 0.25) is 0 Å². The highest BCUT2D eigenvalue weighted by Gasteiger charge is 2.47. The minimum Gasteiger partial charge on any atom is -0.356 e. The molecular formula is C19H16BrN3O2S. The van der Waals surface area contributed by atoms with Gasteiger partial charge in [0.1, 0.15) is 12.1 Å². The molecule has 0 saturated carbocycles. The second-order valence-electron chi connectivity index (χ2n) is 6.82. The molecule has 132 valence electrons. The average molecular weight is 430 g/mol. The largest absolute Gasteiger partial charge is 0.356 e. The Morgan fingerprint density at radius 2 is 2.00 bits per heavy atom. The van der Waals surface area contributed by atoms with Crippen molar-refractivity contribution in [2.45, 2.75) is 18.5 Å². The normalized spacial score (nSPS) is 22.7. The molecule has 0 aliphatic carbocycles. The van der Waals surface area contributed by atoms with Crippen LogP contribution in [0.3, 0.4) is 0 Å². The van der Waals surface area contributed by atoms with Crippen LogP contribution in [0.1, 0.15) is 22.2 Å². The molecule has 2 aliphatic heterocycles. The van der Waals surface area contributed by atoms with Crippen molar-refractivity contribution in [2.75, 3.05) is 13.6 Å². The second kappa shape index (κ2) is 5.69. The number of fused-ring (bicyclic) bond motifs is 4. The van der Waals surface area contributed by atoms with Crippen LogP contribution in [0.25, 0.3) is 10.9 Å². The first kappa shape index (κ1) is 16.1. The van der Waals surface area contributed by atoms with Gasteiger partial charge in [-0.05, 0) is 39.7 Å². The number of nitrogens with zero attached hydrogens (tertiary/aromatic N) is 2. The van der Waals surface area contributed by atoms with Gasteiger partial charge >= 0.3 is 0 Å². The molecule has 0 spiro atoms. The zero-order chi connectivity index (χ0) is 18.0. The Morgan fingerprint density at radius 1 is 1.19 bits per heavy atom. The first-order valence-corrected chi connectivity index (χ1v) is 10.1. The lowest BCUT2D eigenvalue weighted by atomic mass is 9.88. The summed E-state index contributed by atoms with van der Waals surface area (Å²) < 4.78 is 1.01. The van der Waals surface area contributed by atoms with Crippen molar-refractivity contribution in [1.29, 1.82) is 0 Å². The number of aromatic amines is 1. The van der Waals surface area contributed by atoms with E-state index in [1.54, 1.807) is 28.2 Å². The van der Waals surface area contributed by atoms with E-state index in [-0.39, 0.29) is 24.4 Å². The summed E-state index contributed by atoms with van der Waals surface area (Å²) in [4.78, 5) is 33.7. The van der Waals surface area contributed by atoms with E-state index < -0.39 is 6.04 Å². The summed E-state index contributed by atoms with van der Waals surface area (Å²) in [6.45, 7) is 0.133. The van der Waals surface area contributed by atoms with Crippen LogP contribution in [0, 0.1) is 0 Å². The Hall–Kier alpha value is -2.12. The fourth-order valence-electron chi connectivity index (χ4n) is 4.18. The van der Waals surface area contributed by atoms with Gasteiger partial charge in [-0.2, -0.15) is 0 Å². The number of hydrogen-bond donors (Lipinski definition) is 1. The van der Waals surface area contributed by atoms with Crippen LogP contribution in [-0.2, 0) is 16.0 Å². The fraction of sp³-hybridized carbons (Fsp3) is 0.263. The van der Waals surface area contributed by atoms with E-state index >= 15 is 0 Å². The fourth-order valence-corrected chi connectivity index (χ4v) is 5.71. The van der Waals surface area contributed by atoms with E-state index in [0.29, 0.717) is 6.42 Å². The SMILES string of the molecule is CN1CC(=O)N2[C@H](c3ccc(Br)s3)c3[nH]c4ccccc4c3C[C@@H]2C1=O. The van der Waals surface area contributed by atoms with Gasteiger partial charge in [-0.1, -0.05) is 18.2 Å². The van der Waals surface area contributed by atoms with Gasteiger partial charge in [0.25, 0.3) is 0 Å². The van der Waals surface area contributed by atoms with E-state index in [1.165, 1.54) is 0 Å². The van der Waals surface area contributed by atoms with E-state index in [4.69, 9.17) is 0 Å². The molecule has 5 rings (SSSR count). The molecule has 0 bridgehead atoms. The molecule has 2 aliphatic rings. The lowest BCUT2D eigenvalue weighted by Crippen LogP contribution is -2.62. The summed E-state index contributed by atoms with van der Waals surface area (Å²) >= 11 is 5.13. The van der Waals surface area contributed by atoms with Crippen molar-refractivity contribution in [3.63, 3.8) is 0 Å². The van der Waals surface area contributed by atoms with Crippen molar-refractivity contribution in [3.8, 4) is 0 Å². The number of nitrogens with one attached hydrogen (secondary N) is 1. The third-order valence-corrected chi connectivity index (χ3v) is 6.99. The van der Waals surface area contributed by atoms with Crippen LogP contribution < -0.4 is 0 Å². The van der Waals surface area contributed by atoms with E-state index in [9.17, 15) is 9.59 Å². The van der Waals surface area contributed by atoms with Gasteiger partial charge in [0.15, 0.2) is 0 Å². The zero-order valence-corrected chi connectivity index (χ0v) is 16.4. The molecule has 0 unspecified atom stereocenters. The lowest BCUT2D eigenvalue weighted by Gasteiger charge is -2.45. The molecular weight excluding hydrogens is 414 g/mol. The summed E-state index contributed by atoms with van der Waals surface area (Å²) in [5, 5.41) is 1.14. The number of thiophene rings is 1. The molecule has 1 fully saturated rings. The predicted molar refractivity (Wildman–Crippen MR) is 104 cm³/mol. The standard InChI is InChI=1S/C19H16BrN3O2S/c1-22-9-16(24)23-13(19(22)25)8-11-10-4-2-3-5-12(10)21-17(11)18(23)14-6-7-15(20)26-14/h2-7,13,18,21H,8-9H2,1H3/t13-,18-/m1/s1. The Bertz CT molecular complexity index is 1060. The molecule has 5 nitrogen and oxygen atoms in total. The molecule has 2 atom stereocenters. The first-order valence-electron chi connectivity index (χ1n) is 8.45. The first-order chi connectivity index (χ1) is 12.5. The maximum atomic E-state index is 12.9. The Balaban J connectivity index is 1.77. The summed E-state index contributed by atoms with van der Waals surface area (Å²) in [6, 6.07) is 11.5. The number of piperazine rings is 1. The maximum Gasteiger partial charge on any atom is 0.245 e. The molecule has 26 heavy (non-hydrogen) atoms. The van der Waals surface area contributed by atoms with Crippen molar-refractivity contribution < 1.29 is 9.59 Å². The monoisotopic (exact) mass is 429 g/mol. The number of carbonyl (C=O) groups is 2. The molecule has 2 amide bonds. The van der Waals surface area contributed by atoms with Crippen LogP contribution in [-0.4, -0.2) is 46.2 Å². The highest BCUT2D eigenvalue weighted by atomic mass is 79.9. The smallest absolute Gasteiger partial charge is 0.245 e. The Labute approximate surface area is 162 Å². The summed E-state index contributed by atoms with van der Waals surface area (Å²) in [7, 11) is 1.71. The third kappa shape index (κ3) is 2.20. The minimum atomic E-state index is -0.446. The van der Waals surface area contributed by atoms with Gasteiger partial charge in [0.2, 0.25) is 11.8 Å². The number of benzene rings is 1. The Morgan fingerprint density at radius 3 is 2.77 bits per heavy atom. The van der Waals surface area contributed by atoms with Crippen molar-refractivity contribution in [3.05, 3.63) is 56.3 Å². The van der Waals surface area contributed by atoms with Crippen molar-refractivity contribution >= 4 is 50.0 Å². The number of aromatic nitrogens is 1. The van der Waals surface area contributed by atoms with E-state index in [1.807, 2.05) is 30.3 Å². The molecule has 3 aromatic rings. The highest BCUT2D eigenvalue weighted by Crippen LogP contribution is 2.44. The molecule has 7 heteroatoms. The second-order valence-corrected chi connectivity index (χ2v) is 9.32. The molecule has 1 saturated heterocycles. The van der Waals surface area contributed by atoms with Gasteiger partial charge in [0, 0.05) is 34.9 Å². The third-order valence-electron chi connectivity index (χ3n) is 5.32. The van der Waals surface area contributed by atoms with Crippen molar-refractivity contribution in [1.82, 2.24) is 14.8 Å². The van der Waals surface area contributed by atoms with E-state index in [0.717, 1.165) is 30.8 Å². The van der Waals surface area contributed by atoms with Crippen LogP contribution >= 0.6 is 27.3 Å². The highest BCUT2D eigenvalue weighted by molar-refractivity contribution is 9.11. The average Bonchev–Trinajstić information content (AvgIpc) is 3.21. The minimum absolute atomic E-state index is 0.00377. The molecule has 2 aromatic heterocycles. The van der Waals surface area contributed by atoms with Crippen LogP contribution in [0.15, 0.2) is 40.2 Å². The maximum absolute atomic E-state index is 12.9. The molecule has 4 heterocycles. The topological polar surface area (TPSA) is 56.4 Å². The number of hydrogen-bond acceptors (Lipinski definition) is 3. The van der Waals surface area contributed by atoms with Gasteiger partial charge < -0.3 is 14.8 Å². The quantitative estimate of drug-likeness (QED) is 0.644. The number of rotatable bonds is 1.